The molecule has 0 fully saturated rings. The molecule has 0 amide bonds. The first-order valence-electron chi connectivity index (χ1n) is 4.78. The van der Waals surface area contributed by atoms with Crippen LogP contribution >= 0.6 is 15.9 Å². The molecule has 0 atom stereocenters. The lowest BCUT2D eigenvalue weighted by Crippen LogP contribution is -2.17. The zero-order chi connectivity index (χ0) is 14.8. The third-order valence-corrected chi connectivity index (χ3v) is 2.84. The van der Waals surface area contributed by atoms with E-state index in [9.17, 15) is 26.7 Å². The first-order valence-corrected chi connectivity index (χ1v) is 5.57. The van der Waals surface area contributed by atoms with Gasteiger partial charge in [0.25, 0.3) is 6.43 Å². The maximum atomic E-state index is 12.7. The average molecular weight is 348 g/mol. The van der Waals surface area contributed by atoms with Crippen LogP contribution in [0.1, 0.15) is 23.4 Å². The highest BCUT2D eigenvalue weighted by Crippen LogP contribution is 2.36. The number of halogens is 6. The highest BCUT2D eigenvalue weighted by molar-refractivity contribution is 9.10. The van der Waals surface area contributed by atoms with Crippen molar-refractivity contribution >= 4 is 21.9 Å². The van der Waals surface area contributed by atoms with Gasteiger partial charge in [-0.3, -0.25) is 4.79 Å². The highest BCUT2D eigenvalue weighted by atomic mass is 79.9. The van der Waals surface area contributed by atoms with Crippen molar-refractivity contribution in [3.05, 3.63) is 27.5 Å². The number of carbonyl (C=O) groups is 1. The fourth-order valence-electron chi connectivity index (χ4n) is 1.29. The molecule has 1 rings (SSSR count). The number of hydrogen-bond donors (Lipinski definition) is 0. The Morgan fingerprint density at radius 1 is 1.47 bits per heavy atom. The van der Waals surface area contributed by atoms with Gasteiger partial charge in [-0.05, 0) is 6.07 Å². The van der Waals surface area contributed by atoms with Crippen LogP contribution in [0.3, 0.4) is 0 Å². The molecule has 1 aromatic rings. The number of aromatic nitrogens is 1. The molecule has 3 nitrogen and oxygen atoms in total. The molecule has 0 bridgehead atoms. The zero-order valence-electron chi connectivity index (χ0n) is 9.39. The predicted molar refractivity (Wildman–Crippen MR) is 57.6 cm³/mol. The van der Waals surface area contributed by atoms with Gasteiger partial charge in [0.15, 0.2) is 0 Å². The highest BCUT2D eigenvalue weighted by Gasteiger charge is 2.38. The molecule has 0 N–H and O–H groups in total. The van der Waals surface area contributed by atoms with E-state index in [2.05, 4.69) is 25.7 Å². The maximum Gasteiger partial charge on any atom is 0.433 e. The molecule has 106 valence electrons. The SMILES string of the molecule is COC(=O)Cc1c(Br)cc(C(F)F)nc1C(F)(F)F. The minimum atomic E-state index is -4.95. The number of pyridine rings is 1. The summed E-state index contributed by atoms with van der Waals surface area (Å²) in [5.74, 6) is -0.933. The van der Waals surface area contributed by atoms with Crippen molar-refractivity contribution in [2.45, 2.75) is 19.0 Å². The minimum absolute atomic E-state index is 0.268. The van der Waals surface area contributed by atoms with Gasteiger partial charge in [-0.15, -0.1) is 0 Å². The van der Waals surface area contributed by atoms with E-state index in [1.54, 1.807) is 0 Å². The quantitative estimate of drug-likeness (QED) is 0.620. The van der Waals surface area contributed by atoms with Gasteiger partial charge in [0.05, 0.1) is 13.5 Å². The smallest absolute Gasteiger partial charge is 0.433 e. The number of hydrogen-bond acceptors (Lipinski definition) is 3. The molecule has 9 heteroatoms. The van der Waals surface area contributed by atoms with Crippen LogP contribution in [-0.2, 0) is 22.1 Å². The number of ether oxygens (including phenoxy) is 1. The molecule has 0 aliphatic heterocycles. The summed E-state index contributed by atoms with van der Waals surface area (Å²) in [4.78, 5) is 13.9. The lowest BCUT2D eigenvalue weighted by atomic mass is 10.1. The fourth-order valence-corrected chi connectivity index (χ4v) is 1.85. The van der Waals surface area contributed by atoms with Crippen LogP contribution in [-0.4, -0.2) is 18.1 Å². The van der Waals surface area contributed by atoms with Gasteiger partial charge in [0.2, 0.25) is 0 Å². The third kappa shape index (κ3) is 3.85. The normalized spacial score (nSPS) is 11.8. The molecule has 1 aromatic heterocycles. The van der Waals surface area contributed by atoms with Crippen LogP contribution in [0.5, 0.6) is 0 Å². The van der Waals surface area contributed by atoms with E-state index in [-0.39, 0.29) is 4.47 Å². The maximum absolute atomic E-state index is 12.7. The van der Waals surface area contributed by atoms with E-state index in [1.807, 2.05) is 0 Å². The molecular weight excluding hydrogens is 341 g/mol. The number of carbonyl (C=O) groups excluding carboxylic acids is 1. The molecule has 0 saturated heterocycles. The summed E-state index contributed by atoms with van der Waals surface area (Å²) in [6, 6.07) is 0.748. The zero-order valence-corrected chi connectivity index (χ0v) is 11.0. The van der Waals surface area contributed by atoms with Crippen LogP contribution in [0.4, 0.5) is 22.0 Å². The van der Waals surface area contributed by atoms with E-state index >= 15 is 0 Å². The minimum Gasteiger partial charge on any atom is -0.469 e. The van der Waals surface area contributed by atoms with E-state index in [0.717, 1.165) is 13.2 Å². The van der Waals surface area contributed by atoms with Crippen LogP contribution in [0, 0.1) is 0 Å². The summed E-state index contributed by atoms with van der Waals surface area (Å²) in [5.41, 5.74) is -3.08. The summed E-state index contributed by atoms with van der Waals surface area (Å²) in [7, 11) is 1.00. The Balaban J connectivity index is 3.39. The Morgan fingerprint density at radius 3 is 2.47 bits per heavy atom. The Kier molecular flexibility index (Phi) is 4.83. The van der Waals surface area contributed by atoms with E-state index in [4.69, 9.17) is 0 Å². The van der Waals surface area contributed by atoms with Gasteiger partial charge in [-0.25, -0.2) is 13.8 Å². The summed E-state index contributed by atoms with van der Waals surface area (Å²) < 4.78 is 67.1. The number of nitrogens with zero attached hydrogens (tertiary/aromatic N) is 1. The van der Waals surface area contributed by atoms with E-state index < -0.39 is 41.9 Å². The molecule has 0 spiro atoms. The lowest BCUT2D eigenvalue weighted by molar-refractivity contribution is -0.143. The number of methoxy groups -OCH3 is 1. The number of rotatable bonds is 3. The van der Waals surface area contributed by atoms with Gasteiger partial charge in [-0.2, -0.15) is 13.2 Å². The van der Waals surface area contributed by atoms with E-state index in [0.29, 0.717) is 0 Å². The fraction of sp³-hybridized carbons (Fsp3) is 0.400. The largest absolute Gasteiger partial charge is 0.469 e. The van der Waals surface area contributed by atoms with Crippen molar-refractivity contribution in [3.8, 4) is 0 Å². The molecule has 0 unspecified atom stereocenters. The Bertz CT molecular complexity index is 490. The first-order chi connectivity index (χ1) is 8.66. The second kappa shape index (κ2) is 5.81. The van der Waals surface area contributed by atoms with Crippen molar-refractivity contribution in [2.75, 3.05) is 7.11 Å². The van der Waals surface area contributed by atoms with Crippen LogP contribution in [0.2, 0.25) is 0 Å². The molecular formula is C10H7BrF5NO2. The molecule has 0 aliphatic carbocycles. The van der Waals surface area contributed by atoms with Crippen molar-refractivity contribution in [1.29, 1.82) is 0 Å². The standard InChI is InChI=1S/C10H7BrF5NO2/c1-19-7(18)2-4-5(11)3-6(9(12)13)17-8(4)10(14,15)16/h3,9H,2H2,1H3. The first kappa shape index (κ1) is 15.8. The molecule has 1 heterocycles. The Labute approximate surface area is 112 Å². The molecule has 0 radical (unpaired) electrons. The second-order valence-corrected chi connectivity index (χ2v) is 4.26. The topological polar surface area (TPSA) is 39.2 Å². The molecule has 19 heavy (non-hydrogen) atoms. The average Bonchev–Trinajstić information content (AvgIpc) is 2.29. The van der Waals surface area contributed by atoms with Crippen LogP contribution in [0.25, 0.3) is 0 Å². The van der Waals surface area contributed by atoms with Crippen molar-refractivity contribution < 1.29 is 31.5 Å². The van der Waals surface area contributed by atoms with E-state index in [1.165, 1.54) is 0 Å². The van der Waals surface area contributed by atoms with Gasteiger partial charge >= 0.3 is 12.1 Å². The second-order valence-electron chi connectivity index (χ2n) is 3.41. The summed E-state index contributed by atoms with van der Waals surface area (Å²) >= 11 is 2.74. The van der Waals surface area contributed by atoms with Gasteiger partial charge in [0, 0.05) is 10.0 Å². The molecule has 0 aliphatic rings. The van der Waals surface area contributed by atoms with Gasteiger partial charge in [-0.1, -0.05) is 15.9 Å². The third-order valence-electron chi connectivity index (χ3n) is 2.13. The summed E-state index contributed by atoms with van der Waals surface area (Å²) in [5, 5.41) is 0. The lowest BCUT2D eigenvalue weighted by Gasteiger charge is -2.14. The van der Waals surface area contributed by atoms with Crippen molar-refractivity contribution in [1.82, 2.24) is 4.98 Å². The van der Waals surface area contributed by atoms with Crippen molar-refractivity contribution in [2.24, 2.45) is 0 Å². The summed E-state index contributed by atoms with van der Waals surface area (Å²) in [6.45, 7) is 0. The van der Waals surface area contributed by atoms with Crippen LogP contribution < -0.4 is 0 Å². The monoisotopic (exact) mass is 347 g/mol. The predicted octanol–water partition coefficient (Wildman–Crippen LogP) is 3.52. The Morgan fingerprint density at radius 2 is 2.05 bits per heavy atom. The Hall–Kier alpha value is -1.25. The van der Waals surface area contributed by atoms with Crippen LogP contribution in [0.15, 0.2) is 10.5 Å². The van der Waals surface area contributed by atoms with Gasteiger partial charge in [0.1, 0.15) is 11.4 Å². The molecule has 0 saturated carbocycles. The summed E-state index contributed by atoms with van der Waals surface area (Å²) in [6.07, 6.45) is -8.82. The number of esters is 1. The number of alkyl halides is 5. The van der Waals surface area contributed by atoms with Crippen molar-refractivity contribution in [3.63, 3.8) is 0 Å². The van der Waals surface area contributed by atoms with Gasteiger partial charge < -0.3 is 4.74 Å². The molecule has 0 aromatic carbocycles.